The first-order valence-corrected chi connectivity index (χ1v) is 15.9. The molecule has 0 spiro atoms. The summed E-state index contributed by atoms with van der Waals surface area (Å²) in [6.45, 7) is 2.46. The maximum absolute atomic E-state index is 13.6. The number of phenols is 2. The Morgan fingerprint density at radius 2 is 1.61 bits per heavy atom. The lowest BCUT2D eigenvalue weighted by atomic mass is 9.73. The van der Waals surface area contributed by atoms with Crippen molar-refractivity contribution < 1.29 is 67.0 Å². The molecule has 0 radical (unpaired) electrons. The van der Waals surface area contributed by atoms with Crippen LogP contribution in [0, 0.1) is 6.92 Å². The van der Waals surface area contributed by atoms with Crippen LogP contribution in [0.5, 0.6) is 11.5 Å². The Balaban J connectivity index is 1.35. The number of benzene rings is 3. The number of anilines is 1. The van der Waals surface area contributed by atoms with E-state index in [1.54, 1.807) is 29.6 Å². The number of hydrogen-bond donors (Lipinski definition) is 6. The normalized spacial score (nSPS) is 25.7. The summed E-state index contributed by atoms with van der Waals surface area (Å²) in [4.78, 5) is 51.6. The number of ketones is 2. The van der Waals surface area contributed by atoms with E-state index in [1.165, 1.54) is 31.2 Å². The number of fused-ring (bicyclic) bond motifs is 3. The van der Waals surface area contributed by atoms with E-state index in [-0.39, 0.29) is 22.3 Å². The highest BCUT2D eigenvalue weighted by Crippen LogP contribution is 2.52. The molecule has 3 aromatic carbocycles. The number of carbonyl (C=O) groups is 4. The van der Waals surface area contributed by atoms with Crippen LogP contribution >= 0.6 is 0 Å². The summed E-state index contributed by atoms with van der Waals surface area (Å²) in [5.41, 5.74) is -2.28. The fraction of sp³-hybridized carbons (Fsp3) is 0.371. The molecule has 13 nitrogen and oxygen atoms in total. The lowest BCUT2D eigenvalue weighted by molar-refractivity contribution is -0.252. The lowest BCUT2D eigenvalue weighted by Gasteiger charge is -2.43. The van der Waals surface area contributed by atoms with Crippen LogP contribution in [0.4, 0.5) is 23.7 Å². The minimum atomic E-state index is -5.26. The lowest BCUT2D eigenvalue weighted by Crippen LogP contribution is -2.57. The van der Waals surface area contributed by atoms with Crippen LogP contribution in [0.1, 0.15) is 74.4 Å². The van der Waals surface area contributed by atoms with Crippen LogP contribution in [0.25, 0.3) is 0 Å². The molecule has 1 aliphatic heterocycles. The van der Waals surface area contributed by atoms with E-state index in [1.807, 2.05) is 6.92 Å². The van der Waals surface area contributed by atoms with E-state index in [0.717, 1.165) is 5.56 Å². The number of aliphatic hydroxyl groups excluding tert-OH is 1. The first-order chi connectivity index (χ1) is 24.0. The zero-order chi connectivity index (χ0) is 37.0. The maximum atomic E-state index is 13.6. The molecule has 6 rings (SSSR count). The quantitative estimate of drug-likeness (QED) is 0.159. The standard InChI is InChI=1S/C35H33F3N2O11/c1-15-7-9-17(10-8-15)39-33(47)49-14-34(48)12-20-24(31(45)26-25(30(20)44)28(42)18-5-3-4-6-19(18)29(26)43)22(13-34)51-23-11-21(27(41)16(2)50-23)40-32(46)35(36,37)38/h3-10,16,21-23,27,41,44-45,48H,11-14H2,1-2H3,(H,39,47)(H,40,46)/t16-,21-,22-,23-,27-,34-/m0/s1. The second-order valence-corrected chi connectivity index (χ2v) is 12.9. The topological polar surface area (TPSA) is 201 Å². The van der Waals surface area contributed by atoms with Crippen LogP contribution in [0.2, 0.25) is 0 Å². The fourth-order valence-electron chi connectivity index (χ4n) is 6.69. The molecule has 3 aliphatic rings. The Morgan fingerprint density at radius 1 is 1.00 bits per heavy atom. The number of halogens is 3. The minimum Gasteiger partial charge on any atom is -0.507 e. The predicted molar refractivity (Wildman–Crippen MR) is 169 cm³/mol. The fourth-order valence-corrected chi connectivity index (χ4v) is 6.69. The molecule has 0 unspecified atom stereocenters. The average Bonchev–Trinajstić information content (AvgIpc) is 3.07. The van der Waals surface area contributed by atoms with Crippen molar-refractivity contribution >= 4 is 29.3 Å². The van der Waals surface area contributed by atoms with Gasteiger partial charge in [0.2, 0.25) is 0 Å². The zero-order valence-electron chi connectivity index (χ0n) is 27.1. The smallest absolute Gasteiger partial charge is 0.471 e. The molecule has 0 aromatic heterocycles. The van der Waals surface area contributed by atoms with E-state index in [2.05, 4.69) is 5.32 Å². The van der Waals surface area contributed by atoms with Crippen molar-refractivity contribution in [3.63, 3.8) is 0 Å². The molecule has 0 bridgehead atoms. The van der Waals surface area contributed by atoms with Crippen molar-refractivity contribution in [2.45, 2.75) is 75.5 Å². The third-order valence-corrected chi connectivity index (χ3v) is 9.22. The van der Waals surface area contributed by atoms with E-state index in [4.69, 9.17) is 14.2 Å². The molecule has 51 heavy (non-hydrogen) atoms. The van der Waals surface area contributed by atoms with Gasteiger partial charge in [0, 0.05) is 47.2 Å². The monoisotopic (exact) mass is 714 g/mol. The Hall–Kier alpha value is -5.03. The van der Waals surface area contributed by atoms with E-state index >= 15 is 0 Å². The second-order valence-electron chi connectivity index (χ2n) is 12.9. The summed E-state index contributed by atoms with van der Waals surface area (Å²) in [6, 6.07) is 11.0. The third-order valence-electron chi connectivity index (χ3n) is 9.22. The SMILES string of the molecule is Cc1ccc(NC(=O)OC[C@]2(O)Cc3c(O)c4c(c(O)c3[C@@H](O[C@H]3C[C@H](NC(=O)C(F)(F)F)[C@@H](O)[C@H](C)O3)C2)C(=O)c2ccccc2C4=O)cc1. The number of ether oxygens (including phenoxy) is 3. The zero-order valence-corrected chi connectivity index (χ0v) is 27.1. The van der Waals surface area contributed by atoms with Crippen molar-refractivity contribution in [3.8, 4) is 11.5 Å². The molecule has 16 heteroatoms. The molecule has 6 atom stereocenters. The molecule has 6 N–H and O–H groups in total. The molecule has 0 saturated carbocycles. The molecule has 3 aromatic rings. The molecule has 2 amide bonds. The number of aromatic hydroxyl groups is 2. The highest BCUT2D eigenvalue weighted by molar-refractivity contribution is 6.30. The number of carbonyl (C=O) groups excluding carboxylic acids is 4. The van der Waals surface area contributed by atoms with Gasteiger partial charge in [-0.2, -0.15) is 13.2 Å². The van der Waals surface area contributed by atoms with Crippen LogP contribution < -0.4 is 10.6 Å². The van der Waals surface area contributed by atoms with Gasteiger partial charge in [-0.05, 0) is 26.0 Å². The number of phenolic OH excluding ortho intramolecular Hbond substituents is 2. The summed E-state index contributed by atoms with van der Waals surface area (Å²) in [5.74, 6) is -5.37. The van der Waals surface area contributed by atoms with Crippen LogP contribution in [-0.2, 0) is 25.4 Å². The second kappa shape index (κ2) is 13.3. The number of amides is 2. The van der Waals surface area contributed by atoms with Gasteiger partial charge in [-0.25, -0.2) is 4.79 Å². The Labute approximate surface area is 287 Å². The van der Waals surface area contributed by atoms with Crippen LogP contribution in [-0.4, -0.2) is 86.9 Å². The largest absolute Gasteiger partial charge is 0.507 e. The number of aliphatic hydroxyl groups is 2. The first-order valence-electron chi connectivity index (χ1n) is 15.9. The first kappa shape index (κ1) is 35.8. The van der Waals surface area contributed by atoms with Crippen LogP contribution in [0.15, 0.2) is 48.5 Å². The average molecular weight is 715 g/mol. The number of alkyl halides is 3. The molecular formula is C35H33F3N2O11. The van der Waals surface area contributed by atoms with Gasteiger partial charge in [0.1, 0.15) is 29.8 Å². The van der Waals surface area contributed by atoms with Gasteiger partial charge < -0.3 is 40.0 Å². The molecule has 1 heterocycles. The van der Waals surface area contributed by atoms with Gasteiger partial charge >= 0.3 is 18.2 Å². The van der Waals surface area contributed by atoms with Gasteiger partial charge in [0.25, 0.3) is 0 Å². The van der Waals surface area contributed by atoms with Crippen molar-refractivity contribution in [2.75, 3.05) is 11.9 Å². The Bertz CT molecular complexity index is 1920. The maximum Gasteiger partial charge on any atom is 0.471 e. The van der Waals surface area contributed by atoms with E-state index in [9.17, 15) is 52.8 Å². The number of rotatable bonds is 6. The number of aryl methyl sites for hydroxylation is 1. The van der Waals surface area contributed by atoms with Crippen molar-refractivity contribution in [1.29, 1.82) is 0 Å². The number of nitrogens with one attached hydrogen (secondary N) is 2. The molecular weight excluding hydrogens is 681 g/mol. The third kappa shape index (κ3) is 6.87. The van der Waals surface area contributed by atoms with Crippen molar-refractivity contribution in [1.82, 2.24) is 5.32 Å². The highest BCUT2D eigenvalue weighted by Gasteiger charge is 2.49. The summed E-state index contributed by atoms with van der Waals surface area (Å²) in [7, 11) is 0. The van der Waals surface area contributed by atoms with Gasteiger partial charge in [-0.1, -0.05) is 42.0 Å². The Morgan fingerprint density at radius 3 is 2.22 bits per heavy atom. The van der Waals surface area contributed by atoms with Gasteiger partial charge in [-0.3, -0.25) is 19.7 Å². The highest BCUT2D eigenvalue weighted by atomic mass is 19.4. The summed E-state index contributed by atoms with van der Waals surface area (Å²) in [6.07, 6.45) is -13.5. The molecule has 1 fully saturated rings. The van der Waals surface area contributed by atoms with E-state index in [0.29, 0.717) is 5.69 Å². The van der Waals surface area contributed by atoms with Gasteiger partial charge in [0.15, 0.2) is 17.9 Å². The van der Waals surface area contributed by atoms with Gasteiger partial charge in [0.05, 0.1) is 29.4 Å². The van der Waals surface area contributed by atoms with Crippen LogP contribution in [0.3, 0.4) is 0 Å². The Kier molecular flexibility index (Phi) is 9.30. The minimum absolute atomic E-state index is 0.0327. The van der Waals surface area contributed by atoms with E-state index < -0.39 is 114 Å². The number of hydrogen-bond acceptors (Lipinski definition) is 11. The van der Waals surface area contributed by atoms with Crippen molar-refractivity contribution in [3.05, 3.63) is 87.5 Å². The molecule has 2 aliphatic carbocycles. The molecule has 1 saturated heterocycles. The molecule has 270 valence electrons. The summed E-state index contributed by atoms with van der Waals surface area (Å²) in [5, 5.41) is 49.8. The summed E-state index contributed by atoms with van der Waals surface area (Å²) >= 11 is 0. The predicted octanol–water partition coefficient (Wildman–Crippen LogP) is 3.71. The summed E-state index contributed by atoms with van der Waals surface area (Å²) < 4.78 is 56.3. The van der Waals surface area contributed by atoms with Crippen molar-refractivity contribution in [2.24, 2.45) is 0 Å². The van der Waals surface area contributed by atoms with Gasteiger partial charge in [-0.15, -0.1) is 0 Å².